The lowest BCUT2D eigenvalue weighted by Crippen LogP contribution is -2.35. The second kappa shape index (κ2) is 6.30. The molecule has 1 amide bonds. The molecule has 110 valence electrons. The maximum Gasteiger partial charge on any atom is 0.243 e. The lowest BCUT2D eigenvalue weighted by Gasteiger charge is -2.10. The number of benzene rings is 1. The van der Waals surface area contributed by atoms with Crippen molar-refractivity contribution in [3.05, 3.63) is 28.2 Å². The lowest BCUT2D eigenvalue weighted by molar-refractivity contribution is -0.122. The highest BCUT2D eigenvalue weighted by molar-refractivity contribution is 7.89. The van der Waals surface area contributed by atoms with E-state index in [0.29, 0.717) is 0 Å². The first kappa shape index (κ1) is 15.6. The molecule has 0 radical (unpaired) electrons. The second-order valence-corrected chi connectivity index (χ2v) is 7.03. The van der Waals surface area contributed by atoms with Gasteiger partial charge in [0.1, 0.15) is 4.90 Å². The van der Waals surface area contributed by atoms with Gasteiger partial charge in [0.2, 0.25) is 15.9 Å². The molecule has 0 spiro atoms. The summed E-state index contributed by atoms with van der Waals surface area (Å²) in [6.45, 7) is 0.318. The Hall–Kier alpha value is -0.820. The van der Waals surface area contributed by atoms with Crippen LogP contribution in [0, 0.1) is 5.92 Å². The number of sulfonamides is 1. The van der Waals surface area contributed by atoms with Gasteiger partial charge in [-0.1, -0.05) is 29.3 Å². The molecule has 0 saturated heterocycles. The number of nitrogens with one attached hydrogen (secondary N) is 2. The zero-order chi connectivity index (χ0) is 14.8. The van der Waals surface area contributed by atoms with Gasteiger partial charge in [0.25, 0.3) is 0 Å². The topological polar surface area (TPSA) is 75.3 Å². The van der Waals surface area contributed by atoms with E-state index in [1.807, 2.05) is 0 Å². The number of amides is 1. The molecule has 1 aliphatic rings. The molecule has 1 saturated carbocycles. The summed E-state index contributed by atoms with van der Waals surface area (Å²) >= 11 is 11.7. The normalized spacial score (nSPS) is 15.1. The zero-order valence-corrected chi connectivity index (χ0v) is 12.9. The van der Waals surface area contributed by atoms with Crippen molar-refractivity contribution in [1.29, 1.82) is 0 Å². The average molecular weight is 337 g/mol. The number of carbonyl (C=O) groups excluding carboxylic acids is 1. The molecule has 1 aromatic carbocycles. The first-order valence-corrected chi connectivity index (χ1v) is 8.37. The Morgan fingerprint density at radius 2 is 1.80 bits per heavy atom. The second-order valence-electron chi connectivity index (χ2n) is 4.51. The fourth-order valence-corrected chi connectivity index (χ4v) is 3.84. The van der Waals surface area contributed by atoms with Crippen LogP contribution >= 0.6 is 23.2 Å². The summed E-state index contributed by atoms with van der Waals surface area (Å²) in [6.07, 6.45) is 1.82. The minimum absolute atomic E-state index is 0.0278. The van der Waals surface area contributed by atoms with E-state index < -0.39 is 10.0 Å². The van der Waals surface area contributed by atoms with Crippen molar-refractivity contribution in [2.45, 2.75) is 17.7 Å². The van der Waals surface area contributed by atoms with Crippen molar-refractivity contribution in [2.75, 3.05) is 13.1 Å². The number of carbonyl (C=O) groups is 1. The molecule has 0 unspecified atom stereocenters. The van der Waals surface area contributed by atoms with E-state index in [1.54, 1.807) is 6.07 Å². The molecule has 1 aromatic rings. The van der Waals surface area contributed by atoms with Crippen LogP contribution in [0.5, 0.6) is 0 Å². The molecule has 0 heterocycles. The summed E-state index contributed by atoms with van der Waals surface area (Å²) in [6, 6.07) is 4.48. The Kier molecular flexibility index (Phi) is 4.90. The number of hydrogen-bond donors (Lipinski definition) is 2. The minimum atomic E-state index is -3.79. The van der Waals surface area contributed by atoms with E-state index in [1.165, 1.54) is 12.1 Å². The van der Waals surface area contributed by atoms with Gasteiger partial charge in [-0.05, 0) is 25.0 Å². The summed E-state index contributed by atoms with van der Waals surface area (Å²) < 4.78 is 26.5. The zero-order valence-electron chi connectivity index (χ0n) is 10.5. The third kappa shape index (κ3) is 3.85. The third-order valence-corrected chi connectivity index (χ3v) is 5.27. The van der Waals surface area contributed by atoms with Crippen molar-refractivity contribution in [1.82, 2.24) is 10.0 Å². The van der Waals surface area contributed by atoms with Gasteiger partial charge in [0, 0.05) is 19.0 Å². The van der Waals surface area contributed by atoms with Crippen LogP contribution in [0.25, 0.3) is 0 Å². The fourth-order valence-electron chi connectivity index (χ4n) is 1.67. The molecule has 1 aliphatic carbocycles. The van der Waals surface area contributed by atoms with Gasteiger partial charge < -0.3 is 5.32 Å². The summed E-state index contributed by atoms with van der Waals surface area (Å²) in [5, 5.41) is 2.79. The van der Waals surface area contributed by atoms with Crippen LogP contribution in [0.15, 0.2) is 23.1 Å². The lowest BCUT2D eigenvalue weighted by atomic mass is 10.4. The summed E-state index contributed by atoms with van der Waals surface area (Å²) in [5.41, 5.74) is 0. The van der Waals surface area contributed by atoms with Crippen LogP contribution in [0.1, 0.15) is 12.8 Å². The Morgan fingerprint density at radius 3 is 2.35 bits per heavy atom. The molecule has 0 atom stereocenters. The Balaban J connectivity index is 1.92. The predicted octanol–water partition coefficient (Wildman–Crippen LogP) is 1.80. The fraction of sp³-hybridized carbons (Fsp3) is 0.417. The molecule has 0 aromatic heterocycles. The largest absolute Gasteiger partial charge is 0.355 e. The van der Waals surface area contributed by atoms with Gasteiger partial charge in [0.15, 0.2) is 0 Å². The Labute approximate surface area is 127 Å². The van der Waals surface area contributed by atoms with Crippen molar-refractivity contribution in [2.24, 2.45) is 5.92 Å². The summed E-state index contributed by atoms with van der Waals surface area (Å²) in [5.74, 6) is 0.0737. The van der Waals surface area contributed by atoms with E-state index in [-0.39, 0.29) is 39.9 Å². The van der Waals surface area contributed by atoms with E-state index in [4.69, 9.17) is 23.2 Å². The van der Waals surface area contributed by atoms with Crippen molar-refractivity contribution >= 4 is 39.1 Å². The molecule has 2 N–H and O–H groups in total. The van der Waals surface area contributed by atoms with Crippen LogP contribution < -0.4 is 10.0 Å². The summed E-state index contributed by atoms with van der Waals surface area (Å²) in [7, 11) is -3.79. The van der Waals surface area contributed by atoms with Crippen LogP contribution in [0.2, 0.25) is 10.0 Å². The van der Waals surface area contributed by atoms with Crippen LogP contribution in [0.3, 0.4) is 0 Å². The first-order valence-electron chi connectivity index (χ1n) is 6.13. The van der Waals surface area contributed by atoms with Crippen LogP contribution in [-0.2, 0) is 14.8 Å². The molecule has 8 heteroatoms. The van der Waals surface area contributed by atoms with Crippen molar-refractivity contribution < 1.29 is 13.2 Å². The Morgan fingerprint density at radius 1 is 1.20 bits per heavy atom. The number of rotatable bonds is 6. The molecule has 0 bridgehead atoms. The number of halogens is 2. The SMILES string of the molecule is O=C(NCCNS(=O)(=O)c1c(Cl)cccc1Cl)C1CC1. The molecular formula is C12H14Cl2N2O3S. The molecule has 2 rings (SSSR count). The van der Waals surface area contributed by atoms with Gasteiger partial charge in [-0.25, -0.2) is 13.1 Å². The van der Waals surface area contributed by atoms with Crippen molar-refractivity contribution in [3.63, 3.8) is 0 Å². The van der Waals surface area contributed by atoms with Crippen LogP contribution in [-0.4, -0.2) is 27.4 Å². The molecular weight excluding hydrogens is 323 g/mol. The van der Waals surface area contributed by atoms with E-state index >= 15 is 0 Å². The molecule has 20 heavy (non-hydrogen) atoms. The highest BCUT2D eigenvalue weighted by Gasteiger charge is 2.29. The molecule has 0 aliphatic heterocycles. The Bertz CT molecular complexity index is 595. The minimum Gasteiger partial charge on any atom is -0.355 e. The smallest absolute Gasteiger partial charge is 0.243 e. The maximum absolute atomic E-state index is 12.1. The number of hydrogen-bond acceptors (Lipinski definition) is 3. The van der Waals surface area contributed by atoms with Gasteiger partial charge in [-0.3, -0.25) is 4.79 Å². The highest BCUT2D eigenvalue weighted by Crippen LogP contribution is 2.29. The average Bonchev–Trinajstić information content (AvgIpc) is 3.18. The first-order chi connectivity index (χ1) is 9.42. The molecule has 5 nitrogen and oxygen atoms in total. The van der Waals surface area contributed by atoms with E-state index in [2.05, 4.69) is 10.0 Å². The van der Waals surface area contributed by atoms with Crippen molar-refractivity contribution in [3.8, 4) is 0 Å². The monoisotopic (exact) mass is 336 g/mol. The summed E-state index contributed by atoms with van der Waals surface area (Å²) in [4.78, 5) is 11.2. The van der Waals surface area contributed by atoms with E-state index in [0.717, 1.165) is 12.8 Å². The maximum atomic E-state index is 12.1. The van der Waals surface area contributed by atoms with Gasteiger partial charge in [-0.15, -0.1) is 0 Å². The highest BCUT2D eigenvalue weighted by atomic mass is 35.5. The predicted molar refractivity (Wildman–Crippen MR) is 77.4 cm³/mol. The van der Waals surface area contributed by atoms with Gasteiger partial charge in [-0.2, -0.15) is 0 Å². The van der Waals surface area contributed by atoms with E-state index in [9.17, 15) is 13.2 Å². The third-order valence-electron chi connectivity index (χ3n) is 2.85. The standard InChI is InChI=1S/C12H14Cl2N2O3S/c13-9-2-1-3-10(14)11(9)20(18,19)16-7-6-15-12(17)8-4-5-8/h1-3,8,16H,4-7H2,(H,15,17). The van der Waals surface area contributed by atoms with Gasteiger partial charge in [0.05, 0.1) is 10.0 Å². The van der Waals surface area contributed by atoms with Gasteiger partial charge >= 0.3 is 0 Å². The molecule has 1 fully saturated rings. The van der Waals surface area contributed by atoms with Crippen LogP contribution in [0.4, 0.5) is 0 Å². The quantitative estimate of drug-likeness (QED) is 0.777.